The Balaban J connectivity index is 2.11. The molecule has 5 nitrogen and oxygen atoms in total. The molecule has 0 saturated carbocycles. The molecule has 2 aromatic carbocycles. The van der Waals surface area contributed by atoms with Gasteiger partial charge in [0.25, 0.3) is 0 Å². The molecule has 0 unspecified atom stereocenters. The van der Waals surface area contributed by atoms with E-state index in [4.69, 9.17) is 9.72 Å². The number of rotatable bonds is 5. The van der Waals surface area contributed by atoms with Crippen molar-refractivity contribution in [3.8, 4) is 17.0 Å². The van der Waals surface area contributed by atoms with Crippen LogP contribution in [0.1, 0.15) is 25.8 Å². The summed E-state index contributed by atoms with van der Waals surface area (Å²) in [6.07, 6.45) is 2.86. The van der Waals surface area contributed by atoms with Crippen LogP contribution in [0.4, 0.5) is 5.82 Å². The minimum absolute atomic E-state index is 0.00854. The van der Waals surface area contributed by atoms with Crippen LogP contribution >= 0.6 is 0 Å². The quantitative estimate of drug-likeness (QED) is 0.471. The Kier molecular flexibility index (Phi) is 4.97. The molecule has 4 aromatic rings. The lowest BCUT2D eigenvalue weighted by molar-refractivity contribution is -0.116. The van der Waals surface area contributed by atoms with E-state index in [0.29, 0.717) is 6.54 Å². The van der Waals surface area contributed by atoms with Crippen molar-refractivity contribution >= 4 is 28.1 Å². The summed E-state index contributed by atoms with van der Waals surface area (Å²) < 4.78 is 7.46. The lowest BCUT2D eigenvalue weighted by Crippen LogP contribution is -2.30. The van der Waals surface area contributed by atoms with Crippen LogP contribution in [0.5, 0.6) is 5.75 Å². The number of anilines is 1. The first-order valence-electron chi connectivity index (χ1n) is 9.88. The first-order chi connectivity index (χ1) is 14.0. The summed E-state index contributed by atoms with van der Waals surface area (Å²) in [6.45, 7) is 6.40. The second-order valence-corrected chi connectivity index (χ2v) is 7.23. The van der Waals surface area contributed by atoms with E-state index in [1.807, 2.05) is 45.8 Å². The molecule has 2 heterocycles. The third kappa shape index (κ3) is 3.23. The Morgan fingerprint density at radius 1 is 1.17 bits per heavy atom. The zero-order chi connectivity index (χ0) is 20.5. The lowest BCUT2D eigenvalue weighted by atomic mass is 10.1. The zero-order valence-electron chi connectivity index (χ0n) is 17.3. The average molecular weight is 387 g/mol. The highest BCUT2D eigenvalue weighted by Crippen LogP contribution is 2.36. The fourth-order valence-corrected chi connectivity index (χ4v) is 3.82. The number of pyridine rings is 1. The third-order valence-corrected chi connectivity index (χ3v) is 5.27. The number of fused-ring (bicyclic) bond motifs is 3. The monoisotopic (exact) mass is 387 g/mol. The number of amides is 1. The number of hydrogen-bond donors (Lipinski definition) is 0. The number of hydrogen-bond acceptors (Lipinski definition) is 3. The molecular formula is C24H25N3O2. The van der Waals surface area contributed by atoms with Crippen molar-refractivity contribution in [1.29, 1.82) is 0 Å². The Morgan fingerprint density at radius 3 is 2.66 bits per heavy atom. The van der Waals surface area contributed by atoms with E-state index in [0.717, 1.165) is 51.2 Å². The van der Waals surface area contributed by atoms with Crippen LogP contribution < -0.4 is 9.64 Å². The average Bonchev–Trinajstić information content (AvgIpc) is 3.11. The van der Waals surface area contributed by atoms with Gasteiger partial charge in [0.1, 0.15) is 22.9 Å². The normalized spacial score (nSPS) is 11.2. The number of carbonyl (C=O) groups excluding carboxylic acids is 1. The maximum atomic E-state index is 12.6. The fourth-order valence-electron chi connectivity index (χ4n) is 3.82. The predicted octanol–water partition coefficient (Wildman–Crippen LogP) is 5.23. The van der Waals surface area contributed by atoms with Gasteiger partial charge in [0.2, 0.25) is 5.91 Å². The summed E-state index contributed by atoms with van der Waals surface area (Å²) in [5.41, 5.74) is 3.79. The first kappa shape index (κ1) is 19.0. The van der Waals surface area contributed by atoms with Gasteiger partial charge in [0.15, 0.2) is 0 Å². The van der Waals surface area contributed by atoms with E-state index in [1.165, 1.54) is 0 Å². The molecule has 0 N–H and O–H groups in total. The summed E-state index contributed by atoms with van der Waals surface area (Å²) >= 11 is 0. The number of benzene rings is 2. The highest BCUT2D eigenvalue weighted by atomic mass is 16.5. The van der Waals surface area contributed by atoms with Gasteiger partial charge in [-0.1, -0.05) is 37.3 Å². The van der Waals surface area contributed by atoms with Crippen molar-refractivity contribution in [3.05, 3.63) is 60.3 Å². The van der Waals surface area contributed by atoms with E-state index in [-0.39, 0.29) is 5.91 Å². The van der Waals surface area contributed by atoms with Gasteiger partial charge >= 0.3 is 0 Å². The minimum Gasteiger partial charge on any atom is -0.497 e. The molecule has 0 bridgehead atoms. The molecule has 5 heteroatoms. The SMILES string of the molecule is CCCN(C(C)=O)c1c(-c2ccccc2C)nc2c3cc(OC)ccc3ccn12. The topological polar surface area (TPSA) is 46.8 Å². The van der Waals surface area contributed by atoms with Crippen molar-refractivity contribution in [2.24, 2.45) is 0 Å². The van der Waals surface area contributed by atoms with Gasteiger partial charge in [-0.05, 0) is 42.5 Å². The van der Waals surface area contributed by atoms with Crippen LogP contribution in [-0.4, -0.2) is 28.9 Å². The van der Waals surface area contributed by atoms with Crippen molar-refractivity contribution in [2.45, 2.75) is 27.2 Å². The predicted molar refractivity (Wildman–Crippen MR) is 118 cm³/mol. The van der Waals surface area contributed by atoms with E-state index in [9.17, 15) is 4.79 Å². The van der Waals surface area contributed by atoms with Gasteiger partial charge < -0.3 is 4.74 Å². The minimum atomic E-state index is 0.00854. The smallest absolute Gasteiger partial charge is 0.225 e. The fraction of sp³-hybridized carbons (Fsp3) is 0.250. The molecule has 0 aliphatic carbocycles. The summed E-state index contributed by atoms with van der Waals surface area (Å²) in [5, 5.41) is 2.07. The van der Waals surface area contributed by atoms with Gasteiger partial charge in [-0.15, -0.1) is 0 Å². The van der Waals surface area contributed by atoms with E-state index in [1.54, 1.807) is 14.0 Å². The summed E-state index contributed by atoms with van der Waals surface area (Å²) in [6, 6.07) is 16.2. The molecule has 2 aromatic heterocycles. The molecule has 0 atom stereocenters. The summed E-state index contributed by atoms with van der Waals surface area (Å²) in [5.74, 6) is 1.60. The molecule has 148 valence electrons. The number of aryl methyl sites for hydroxylation is 1. The molecule has 29 heavy (non-hydrogen) atoms. The Labute approximate surface area is 170 Å². The number of nitrogens with zero attached hydrogens (tertiary/aromatic N) is 3. The number of methoxy groups -OCH3 is 1. The largest absolute Gasteiger partial charge is 0.497 e. The van der Waals surface area contributed by atoms with E-state index in [2.05, 4.69) is 32.0 Å². The number of imidazole rings is 1. The second kappa shape index (κ2) is 7.59. The molecular weight excluding hydrogens is 362 g/mol. The highest BCUT2D eigenvalue weighted by molar-refractivity contribution is 6.01. The van der Waals surface area contributed by atoms with Gasteiger partial charge in [-0.2, -0.15) is 0 Å². The van der Waals surface area contributed by atoms with Crippen LogP contribution in [0.2, 0.25) is 0 Å². The van der Waals surface area contributed by atoms with Crippen LogP contribution in [0, 0.1) is 6.92 Å². The van der Waals surface area contributed by atoms with Crippen molar-refractivity contribution < 1.29 is 9.53 Å². The second-order valence-electron chi connectivity index (χ2n) is 7.23. The van der Waals surface area contributed by atoms with Gasteiger partial charge in [0.05, 0.1) is 7.11 Å². The van der Waals surface area contributed by atoms with Crippen LogP contribution in [0.15, 0.2) is 54.7 Å². The van der Waals surface area contributed by atoms with Gasteiger partial charge in [-0.25, -0.2) is 4.98 Å². The van der Waals surface area contributed by atoms with Gasteiger partial charge in [-0.3, -0.25) is 14.1 Å². The molecule has 1 amide bonds. The molecule has 0 fully saturated rings. The molecule has 0 saturated heterocycles. The Hall–Kier alpha value is -3.34. The van der Waals surface area contributed by atoms with Gasteiger partial charge in [0, 0.05) is 30.6 Å². The van der Waals surface area contributed by atoms with Crippen molar-refractivity contribution in [1.82, 2.24) is 9.38 Å². The van der Waals surface area contributed by atoms with E-state index < -0.39 is 0 Å². The maximum Gasteiger partial charge on any atom is 0.225 e. The van der Waals surface area contributed by atoms with E-state index >= 15 is 0 Å². The summed E-state index contributed by atoms with van der Waals surface area (Å²) in [7, 11) is 1.66. The Morgan fingerprint density at radius 2 is 1.97 bits per heavy atom. The van der Waals surface area contributed by atoms with Crippen molar-refractivity contribution in [2.75, 3.05) is 18.6 Å². The van der Waals surface area contributed by atoms with Crippen LogP contribution in [-0.2, 0) is 4.79 Å². The number of carbonyl (C=O) groups is 1. The molecule has 0 aliphatic rings. The number of ether oxygens (including phenoxy) is 1. The summed E-state index contributed by atoms with van der Waals surface area (Å²) in [4.78, 5) is 19.4. The lowest BCUT2D eigenvalue weighted by Gasteiger charge is -2.22. The standard InChI is InChI=1S/C24H25N3O2/c1-5-13-26(17(3)28)24-22(20-9-7-6-8-16(20)2)25-23-21-15-19(29-4)11-10-18(21)12-14-27(23)24/h6-12,14-15H,5,13H2,1-4H3. The molecule has 0 aliphatic heterocycles. The van der Waals surface area contributed by atoms with Crippen LogP contribution in [0.3, 0.4) is 0 Å². The molecule has 4 rings (SSSR count). The zero-order valence-corrected chi connectivity index (χ0v) is 17.3. The van der Waals surface area contributed by atoms with Crippen molar-refractivity contribution in [3.63, 3.8) is 0 Å². The molecule has 0 radical (unpaired) electrons. The first-order valence-corrected chi connectivity index (χ1v) is 9.88. The Bertz CT molecular complexity index is 1210. The molecule has 0 spiro atoms. The van der Waals surface area contributed by atoms with Crippen LogP contribution in [0.25, 0.3) is 27.7 Å². The third-order valence-electron chi connectivity index (χ3n) is 5.27. The highest BCUT2D eigenvalue weighted by Gasteiger charge is 2.24. The number of aromatic nitrogens is 2. The maximum absolute atomic E-state index is 12.6.